The summed E-state index contributed by atoms with van der Waals surface area (Å²) in [5, 5.41) is 12.3. The third kappa shape index (κ3) is 2.97. The first kappa shape index (κ1) is 16.4. The van der Waals surface area contributed by atoms with E-state index >= 15 is 0 Å². The maximum Gasteiger partial charge on any atom is 0.412 e. The molecule has 0 aliphatic heterocycles. The monoisotopic (exact) mass is 366 g/mol. The molecule has 0 radical (unpaired) electrons. The van der Waals surface area contributed by atoms with Gasteiger partial charge >= 0.3 is 6.09 Å². The number of nitrogens with zero attached hydrogens (tertiary/aromatic N) is 1. The highest BCUT2D eigenvalue weighted by molar-refractivity contribution is 6.29. The minimum atomic E-state index is -0.697. The van der Waals surface area contributed by atoms with E-state index in [9.17, 15) is 9.90 Å². The first-order chi connectivity index (χ1) is 12.6. The van der Waals surface area contributed by atoms with Gasteiger partial charge in [-0.25, -0.2) is 9.78 Å². The van der Waals surface area contributed by atoms with Crippen LogP contribution in [0.25, 0.3) is 11.1 Å². The van der Waals surface area contributed by atoms with Crippen LogP contribution in [0.3, 0.4) is 0 Å². The standard InChI is InChI=1S/C20H15ClN2O3/c21-18-10-9-17(24)19(22-18)23-20(25)26-11-16-14-7-3-1-5-12(14)13-6-2-4-8-15(13)16/h1-10,16,24H,11H2,(H,22,23,25). The van der Waals surface area contributed by atoms with Gasteiger partial charge in [0.2, 0.25) is 0 Å². The number of fused-ring (bicyclic) bond motifs is 3. The van der Waals surface area contributed by atoms with E-state index < -0.39 is 6.09 Å². The van der Waals surface area contributed by atoms with E-state index in [1.165, 1.54) is 12.1 Å². The number of halogens is 1. The van der Waals surface area contributed by atoms with Crippen molar-refractivity contribution in [2.24, 2.45) is 0 Å². The fraction of sp³-hybridized carbons (Fsp3) is 0.100. The van der Waals surface area contributed by atoms with Crippen molar-refractivity contribution >= 4 is 23.5 Å². The molecule has 0 bridgehead atoms. The quantitative estimate of drug-likeness (QED) is 0.653. The van der Waals surface area contributed by atoms with E-state index in [0.29, 0.717) is 0 Å². The van der Waals surface area contributed by atoms with Gasteiger partial charge < -0.3 is 9.84 Å². The molecule has 4 rings (SSSR count). The van der Waals surface area contributed by atoms with Gasteiger partial charge in [0.25, 0.3) is 0 Å². The number of amides is 1. The van der Waals surface area contributed by atoms with Crippen LogP contribution in [0.1, 0.15) is 17.0 Å². The van der Waals surface area contributed by atoms with E-state index in [4.69, 9.17) is 16.3 Å². The minimum Gasteiger partial charge on any atom is -0.504 e. The average Bonchev–Trinajstić information content (AvgIpc) is 2.97. The fourth-order valence-electron chi connectivity index (χ4n) is 3.25. The maximum absolute atomic E-state index is 12.1. The molecule has 2 aromatic carbocycles. The summed E-state index contributed by atoms with van der Waals surface area (Å²) in [6.45, 7) is 0.182. The molecule has 130 valence electrons. The molecule has 1 amide bonds. The van der Waals surface area contributed by atoms with Gasteiger partial charge in [-0.3, -0.25) is 5.32 Å². The van der Waals surface area contributed by atoms with Crippen LogP contribution in [0.2, 0.25) is 5.15 Å². The number of benzene rings is 2. The molecule has 2 N–H and O–H groups in total. The van der Waals surface area contributed by atoms with Crippen molar-refractivity contribution in [3.8, 4) is 16.9 Å². The first-order valence-corrected chi connectivity index (χ1v) is 8.49. The van der Waals surface area contributed by atoms with Crippen molar-refractivity contribution in [2.45, 2.75) is 5.92 Å². The number of rotatable bonds is 3. The van der Waals surface area contributed by atoms with Crippen molar-refractivity contribution in [2.75, 3.05) is 11.9 Å². The Morgan fingerprint density at radius 2 is 1.65 bits per heavy atom. The average molecular weight is 367 g/mol. The molecule has 0 spiro atoms. The van der Waals surface area contributed by atoms with Crippen molar-refractivity contribution in [1.82, 2.24) is 4.98 Å². The predicted octanol–water partition coefficient (Wildman–Crippen LogP) is 4.80. The summed E-state index contributed by atoms with van der Waals surface area (Å²) in [7, 11) is 0. The Morgan fingerprint density at radius 1 is 1.04 bits per heavy atom. The molecular weight excluding hydrogens is 352 g/mol. The number of hydrogen-bond donors (Lipinski definition) is 2. The van der Waals surface area contributed by atoms with Gasteiger partial charge in [0.1, 0.15) is 11.8 Å². The van der Waals surface area contributed by atoms with E-state index in [1.54, 1.807) is 0 Å². The van der Waals surface area contributed by atoms with Crippen LogP contribution in [0.4, 0.5) is 10.6 Å². The molecular formula is C20H15ClN2O3. The smallest absolute Gasteiger partial charge is 0.412 e. The zero-order valence-corrected chi connectivity index (χ0v) is 14.4. The van der Waals surface area contributed by atoms with Crippen molar-refractivity contribution in [1.29, 1.82) is 0 Å². The molecule has 1 aliphatic rings. The Morgan fingerprint density at radius 3 is 2.31 bits per heavy atom. The van der Waals surface area contributed by atoms with Gasteiger partial charge in [0.05, 0.1) is 0 Å². The normalized spacial score (nSPS) is 12.3. The van der Waals surface area contributed by atoms with Crippen LogP contribution in [0, 0.1) is 0 Å². The molecule has 1 heterocycles. The van der Waals surface area contributed by atoms with Gasteiger partial charge in [-0.2, -0.15) is 0 Å². The number of ether oxygens (including phenoxy) is 1. The second kappa shape index (κ2) is 6.69. The van der Waals surface area contributed by atoms with Crippen molar-refractivity contribution in [3.05, 3.63) is 76.9 Å². The number of hydrogen-bond acceptors (Lipinski definition) is 4. The highest BCUT2D eigenvalue weighted by Gasteiger charge is 2.29. The molecule has 0 saturated carbocycles. The van der Waals surface area contributed by atoms with Crippen molar-refractivity contribution in [3.63, 3.8) is 0 Å². The molecule has 0 unspecified atom stereocenters. The molecule has 0 atom stereocenters. The number of carbonyl (C=O) groups is 1. The largest absolute Gasteiger partial charge is 0.504 e. The minimum absolute atomic E-state index is 0.0327. The summed E-state index contributed by atoms with van der Waals surface area (Å²) in [6.07, 6.45) is -0.697. The topological polar surface area (TPSA) is 71.5 Å². The fourth-order valence-corrected chi connectivity index (χ4v) is 3.40. The first-order valence-electron chi connectivity index (χ1n) is 8.11. The number of aromatic hydroxyl groups is 1. The number of nitrogens with one attached hydrogen (secondary N) is 1. The summed E-state index contributed by atoms with van der Waals surface area (Å²) in [5.41, 5.74) is 4.58. The lowest BCUT2D eigenvalue weighted by Crippen LogP contribution is -2.18. The van der Waals surface area contributed by atoms with Crippen LogP contribution in [0.5, 0.6) is 5.75 Å². The summed E-state index contributed by atoms with van der Waals surface area (Å²) in [6, 6.07) is 19.0. The lowest BCUT2D eigenvalue weighted by molar-refractivity contribution is 0.158. The van der Waals surface area contributed by atoms with Crippen LogP contribution < -0.4 is 5.32 Å². The Labute approximate surface area is 155 Å². The Balaban J connectivity index is 1.51. The van der Waals surface area contributed by atoms with E-state index in [1.807, 2.05) is 36.4 Å². The SMILES string of the molecule is O=C(Nc1nc(Cl)ccc1O)OCC1c2ccccc2-c2ccccc21. The molecule has 6 heteroatoms. The van der Waals surface area contributed by atoms with Gasteiger partial charge in [0.15, 0.2) is 11.6 Å². The summed E-state index contributed by atoms with van der Waals surface area (Å²) in [4.78, 5) is 16.0. The predicted molar refractivity (Wildman–Crippen MR) is 99.6 cm³/mol. The molecule has 26 heavy (non-hydrogen) atoms. The zero-order valence-electron chi connectivity index (χ0n) is 13.6. The Kier molecular flexibility index (Phi) is 4.22. The van der Waals surface area contributed by atoms with E-state index in [0.717, 1.165) is 22.3 Å². The number of anilines is 1. The summed E-state index contributed by atoms with van der Waals surface area (Å²) in [5.74, 6) is -0.244. The maximum atomic E-state index is 12.1. The van der Waals surface area contributed by atoms with Crippen LogP contribution in [-0.4, -0.2) is 22.8 Å². The molecule has 3 aromatic rings. The van der Waals surface area contributed by atoms with Gasteiger partial charge in [-0.15, -0.1) is 0 Å². The third-order valence-corrected chi connectivity index (χ3v) is 4.61. The van der Waals surface area contributed by atoms with Crippen LogP contribution in [-0.2, 0) is 4.74 Å². The van der Waals surface area contributed by atoms with Gasteiger partial charge in [-0.1, -0.05) is 60.1 Å². The number of carbonyl (C=O) groups excluding carboxylic acids is 1. The van der Waals surface area contributed by atoms with Crippen molar-refractivity contribution < 1.29 is 14.6 Å². The highest BCUT2D eigenvalue weighted by atomic mass is 35.5. The number of aromatic nitrogens is 1. The lowest BCUT2D eigenvalue weighted by atomic mass is 9.98. The Bertz CT molecular complexity index is 945. The zero-order chi connectivity index (χ0) is 18.1. The third-order valence-electron chi connectivity index (χ3n) is 4.40. The molecule has 1 aliphatic carbocycles. The van der Waals surface area contributed by atoms with Gasteiger partial charge in [0, 0.05) is 5.92 Å². The highest BCUT2D eigenvalue weighted by Crippen LogP contribution is 2.44. The second-order valence-corrected chi connectivity index (χ2v) is 6.34. The Hall–Kier alpha value is -3.05. The molecule has 1 aromatic heterocycles. The van der Waals surface area contributed by atoms with Gasteiger partial charge in [-0.05, 0) is 34.4 Å². The summed E-state index contributed by atoms with van der Waals surface area (Å²) < 4.78 is 5.39. The number of pyridine rings is 1. The molecule has 5 nitrogen and oxygen atoms in total. The van der Waals surface area contributed by atoms with E-state index in [2.05, 4.69) is 22.4 Å². The summed E-state index contributed by atoms with van der Waals surface area (Å²) >= 11 is 5.78. The molecule has 0 fully saturated rings. The van der Waals surface area contributed by atoms with Crippen LogP contribution in [0.15, 0.2) is 60.7 Å². The van der Waals surface area contributed by atoms with E-state index in [-0.39, 0.29) is 29.2 Å². The second-order valence-electron chi connectivity index (χ2n) is 5.95. The lowest BCUT2D eigenvalue weighted by Gasteiger charge is -2.14. The molecule has 0 saturated heterocycles. The van der Waals surface area contributed by atoms with Crippen LogP contribution >= 0.6 is 11.6 Å².